The third-order valence-corrected chi connectivity index (χ3v) is 3.19. The highest BCUT2D eigenvalue weighted by Crippen LogP contribution is 2.07. The minimum Gasteiger partial charge on any atom is -0.392 e. The van der Waals surface area contributed by atoms with Crippen molar-refractivity contribution in [2.45, 2.75) is 58.1 Å². The first-order valence-electron chi connectivity index (χ1n) is 7.25. The zero-order chi connectivity index (χ0) is 13.1. The summed E-state index contributed by atoms with van der Waals surface area (Å²) in [6.07, 6.45) is 7.03. The molecule has 2 heteroatoms. The lowest BCUT2D eigenvalue weighted by atomic mass is 10.1. The van der Waals surface area contributed by atoms with Crippen LogP contribution in [0.4, 0.5) is 0 Å². The van der Waals surface area contributed by atoms with Gasteiger partial charge in [-0.1, -0.05) is 69.4 Å². The second-order valence-electron chi connectivity index (χ2n) is 4.97. The number of aliphatic hydroxyl groups is 1. The molecule has 0 aliphatic rings. The summed E-state index contributed by atoms with van der Waals surface area (Å²) in [5.74, 6) is 0. The lowest BCUT2D eigenvalue weighted by Gasteiger charge is -2.11. The fourth-order valence-corrected chi connectivity index (χ4v) is 2.06. The Hall–Kier alpha value is -0.860. The van der Waals surface area contributed by atoms with Gasteiger partial charge in [0.15, 0.2) is 0 Å². The molecular weight excluding hydrogens is 222 g/mol. The first kappa shape index (κ1) is 15.2. The van der Waals surface area contributed by atoms with Crippen LogP contribution in [0.5, 0.6) is 0 Å². The molecule has 2 nitrogen and oxygen atoms in total. The summed E-state index contributed by atoms with van der Waals surface area (Å²) in [4.78, 5) is 0. The van der Waals surface area contributed by atoms with Crippen molar-refractivity contribution in [1.29, 1.82) is 0 Å². The maximum atomic E-state index is 9.82. The van der Waals surface area contributed by atoms with E-state index in [9.17, 15) is 5.11 Å². The SMILES string of the molecule is CCCCCCCC(O)CNCc1ccccc1. The number of rotatable bonds is 10. The number of benzene rings is 1. The van der Waals surface area contributed by atoms with Gasteiger partial charge >= 0.3 is 0 Å². The molecule has 1 unspecified atom stereocenters. The van der Waals surface area contributed by atoms with Crippen LogP contribution in [0.3, 0.4) is 0 Å². The summed E-state index contributed by atoms with van der Waals surface area (Å²) >= 11 is 0. The van der Waals surface area contributed by atoms with Crippen molar-refractivity contribution in [2.75, 3.05) is 6.54 Å². The maximum Gasteiger partial charge on any atom is 0.0664 e. The standard InChI is InChI=1S/C16H27NO/c1-2-3-4-5-9-12-16(18)14-17-13-15-10-7-6-8-11-15/h6-8,10-11,16-18H,2-5,9,12-14H2,1H3. The summed E-state index contributed by atoms with van der Waals surface area (Å²) in [7, 11) is 0. The Morgan fingerprint density at radius 2 is 1.78 bits per heavy atom. The Balaban J connectivity index is 1.98. The predicted molar refractivity (Wildman–Crippen MR) is 77.5 cm³/mol. The molecular formula is C16H27NO. The Bertz CT molecular complexity index is 286. The smallest absolute Gasteiger partial charge is 0.0664 e. The highest BCUT2D eigenvalue weighted by atomic mass is 16.3. The molecule has 0 fully saturated rings. The van der Waals surface area contributed by atoms with Crippen LogP contribution in [0.2, 0.25) is 0 Å². The van der Waals surface area contributed by atoms with Gasteiger partial charge in [-0.15, -0.1) is 0 Å². The van der Waals surface area contributed by atoms with Crippen LogP contribution < -0.4 is 5.32 Å². The van der Waals surface area contributed by atoms with E-state index in [0.717, 1.165) is 19.4 Å². The molecule has 102 valence electrons. The zero-order valence-corrected chi connectivity index (χ0v) is 11.6. The van der Waals surface area contributed by atoms with Crippen LogP contribution in [-0.4, -0.2) is 17.8 Å². The van der Waals surface area contributed by atoms with Crippen LogP contribution >= 0.6 is 0 Å². The summed E-state index contributed by atoms with van der Waals surface area (Å²) in [6, 6.07) is 10.3. The van der Waals surface area contributed by atoms with E-state index in [-0.39, 0.29) is 6.10 Å². The van der Waals surface area contributed by atoms with E-state index >= 15 is 0 Å². The molecule has 2 N–H and O–H groups in total. The van der Waals surface area contributed by atoms with Gasteiger partial charge in [-0.05, 0) is 12.0 Å². The zero-order valence-electron chi connectivity index (χ0n) is 11.6. The molecule has 0 aliphatic carbocycles. The van der Waals surface area contributed by atoms with Gasteiger partial charge in [0.25, 0.3) is 0 Å². The minimum atomic E-state index is -0.199. The van der Waals surface area contributed by atoms with Crippen molar-refractivity contribution >= 4 is 0 Å². The highest BCUT2D eigenvalue weighted by molar-refractivity contribution is 5.14. The van der Waals surface area contributed by atoms with Crippen LogP contribution in [0, 0.1) is 0 Å². The van der Waals surface area contributed by atoms with Gasteiger partial charge in [0.05, 0.1) is 6.10 Å². The normalized spacial score (nSPS) is 12.6. The first-order chi connectivity index (χ1) is 8.83. The molecule has 0 saturated heterocycles. The Morgan fingerprint density at radius 1 is 1.06 bits per heavy atom. The number of hydrogen-bond donors (Lipinski definition) is 2. The van der Waals surface area contributed by atoms with Gasteiger partial charge in [-0.2, -0.15) is 0 Å². The summed E-state index contributed by atoms with van der Waals surface area (Å²) < 4.78 is 0. The Morgan fingerprint density at radius 3 is 2.50 bits per heavy atom. The average molecular weight is 249 g/mol. The number of aliphatic hydroxyl groups excluding tert-OH is 1. The van der Waals surface area contributed by atoms with Crippen molar-refractivity contribution in [3.8, 4) is 0 Å². The van der Waals surface area contributed by atoms with Crippen molar-refractivity contribution in [3.63, 3.8) is 0 Å². The molecule has 0 spiro atoms. The molecule has 0 amide bonds. The van der Waals surface area contributed by atoms with Gasteiger partial charge in [0, 0.05) is 13.1 Å². The molecule has 1 aromatic carbocycles. The van der Waals surface area contributed by atoms with Gasteiger partial charge < -0.3 is 10.4 Å². The van der Waals surface area contributed by atoms with Crippen molar-refractivity contribution in [1.82, 2.24) is 5.32 Å². The molecule has 1 atom stereocenters. The van der Waals surface area contributed by atoms with Crippen LogP contribution in [0.25, 0.3) is 0 Å². The molecule has 18 heavy (non-hydrogen) atoms. The maximum absolute atomic E-state index is 9.82. The van der Waals surface area contributed by atoms with Gasteiger partial charge in [-0.3, -0.25) is 0 Å². The summed E-state index contributed by atoms with van der Waals surface area (Å²) in [5.41, 5.74) is 1.27. The van der Waals surface area contributed by atoms with E-state index in [0.29, 0.717) is 6.54 Å². The van der Waals surface area contributed by atoms with Crippen LogP contribution in [-0.2, 0) is 6.54 Å². The fraction of sp³-hybridized carbons (Fsp3) is 0.625. The quantitative estimate of drug-likeness (QED) is 0.622. The number of unbranched alkanes of at least 4 members (excludes halogenated alkanes) is 4. The van der Waals surface area contributed by atoms with Crippen LogP contribution in [0.15, 0.2) is 30.3 Å². The molecule has 1 rings (SSSR count). The molecule has 0 aliphatic heterocycles. The van der Waals surface area contributed by atoms with Gasteiger partial charge in [-0.25, -0.2) is 0 Å². The topological polar surface area (TPSA) is 32.3 Å². The number of nitrogens with one attached hydrogen (secondary N) is 1. The van der Waals surface area contributed by atoms with E-state index in [2.05, 4.69) is 24.4 Å². The molecule has 0 heterocycles. The van der Waals surface area contributed by atoms with Crippen molar-refractivity contribution < 1.29 is 5.11 Å². The summed E-state index contributed by atoms with van der Waals surface area (Å²) in [6.45, 7) is 3.76. The highest BCUT2D eigenvalue weighted by Gasteiger charge is 2.03. The van der Waals surface area contributed by atoms with E-state index in [1.165, 1.54) is 31.2 Å². The third kappa shape index (κ3) is 7.46. The molecule has 1 aromatic rings. The van der Waals surface area contributed by atoms with E-state index in [4.69, 9.17) is 0 Å². The lowest BCUT2D eigenvalue weighted by molar-refractivity contribution is 0.157. The van der Waals surface area contributed by atoms with E-state index in [1.54, 1.807) is 0 Å². The fourth-order valence-electron chi connectivity index (χ4n) is 2.06. The van der Waals surface area contributed by atoms with Crippen LogP contribution in [0.1, 0.15) is 51.0 Å². The Kier molecular flexibility index (Phi) is 8.53. The van der Waals surface area contributed by atoms with Gasteiger partial charge in [0.1, 0.15) is 0 Å². The number of hydrogen-bond acceptors (Lipinski definition) is 2. The predicted octanol–water partition coefficient (Wildman–Crippen LogP) is 3.50. The molecule has 0 aromatic heterocycles. The van der Waals surface area contributed by atoms with E-state index < -0.39 is 0 Å². The summed E-state index contributed by atoms with van der Waals surface area (Å²) in [5, 5.41) is 13.1. The Labute approximate surface area is 111 Å². The lowest BCUT2D eigenvalue weighted by Crippen LogP contribution is -2.26. The van der Waals surface area contributed by atoms with E-state index in [1.807, 2.05) is 18.2 Å². The third-order valence-electron chi connectivity index (χ3n) is 3.19. The second-order valence-corrected chi connectivity index (χ2v) is 4.97. The van der Waals surface area contributed by atoms with Gasteiger partial charge in [0.2, 0.25) is 0 Å². The van der Waals surface area contributed by atoms with Crippen molar-refractivity contribution in [2.24, 2.45) is 0 Å². The average Bonchev–Trinajstić information content (AvgIpc) is 2.40. The largest absolute Gasteiger partial charge is 0.392 e. The second kappa shape index (κ2) is 10.1. The van der Waals surface area contributed by atoms with Crippen molar-refractivity contribution in [3.05, 3.63) is 35.9 Å². The molecule has 0 bridgehead atoms. The minimum absolute atomic E-state index is 0.199. The first-order valence-corrected chi connectivity index (χ1v) is 7.25. The molecule has 0 radical (unpaired) electrons. The monoisotopic (exact) mass is 249 g/mol. The molecule has 0 saturated carbocycles.